The number of rotatable bonds is 6. The van der Waals surface area contributed by atoms with Gasteiger partial charge >= 0.3 is 0 Å². The van der Waals surface area contributed by atoms with Crippen LogP contribution >= 0.6 is 11.3 Å². The van der Waals surface area contributed by atoms with E-state index in [1.165, 1.54) is 23.5 Å². The number of furan rings is 1. The normalized spacial score (nSPS) is 20.7. The van der Waals surface area contributed by atoms with E-state index in [2.05, 4.69) is 4.98 Å². The Morgan fingerprint density at radius 1 is 1.16 bits per heavy atom. The number of nitrogens with two attached hydrogens (primary N) is 1. The number of carbonyl (C=O) groups excluding carboxylic acids is 1. The van der Waals surface area contributed by atoms with Crippen LogP contribution in [0.25, 0.3) is 22.0 Å². The fraction of sp³-hybridized carbons (Fsp3) is 0.321. The standard InChI is InChI=1S/C28H27FN4O3S/c1-15-25(37-26(31-15)22-5-4-10-35-22)27(34)33-13-19-20(14-33)24(19)36-23-12-17(28(2,3)30)11-21(32-23)16-6-8-18(29)9-7-16/h4-12,19-20,24H,13-14,30H2,1-3H3/t19-,20+,24?. The average molecular weight is 519 g/mol. The summed E-state index contributed by atoms with van der Waals surface area (Å²) in [5, 5.41) is 0.710. The molecule has 3 atom stereocenters. The van der Waals surface area contributed by atoms with E-state index in [1.807, 2.05) is 49.9 Å². The molecule has 2 aliphatic rings. The maximum atomic E-state index is 13.4. The van der Waals surface area contributed by atoms with Crippen molar-refractivity contribution in [2.75, 3.05) is 13.1 Å². The van der Waals surface area contributed by atoms with E-state index in [4.69, 9.17) is 19.9 Å². The molecule has 9 heteroatoms. The number of carbonyl (C=O) groups is 1. The summed E-state index contributed by atoms with van der Waals surface area (Å²) in [5.74, 6) is 1.38. The van der Waals surface area contributed by atoms with Crippen LogP contribution in [0.5, 0.6) is 5.88 Å². The Balaban J connectivity index is 1.16. The first-order valence-corrected chi connectivity index (χ1v) is 13.0. The molecule has 3 aromatic heterocycles. The summed E-state index contributed by atoms with van der Waals surface area (Å²) >= 11 is 1.36. The van der Waals surface area contributed by atoms with Gasteiger partial charge in [0, 0.05) is 42.1 Å². The first-order valence-electron chi connectivity index (χ1n) is 12.2. The Labute approximate surface area is 218 Å². The summed E-state index contributed by atoms with van der Waals surface area (Å²) in [6, 6.07) is 13.7. The van der Waals surface area contributed by atoms with Crippen molar-refractivity contribution in [3.8, 4) is 27.9 Å². The number of ether oxygens (including phenoxy) is 1. The van der Waals surface area contributed by atoms with Gasteiger partial charge in [0.25, 0.3) is 5.91 Å². The second kappa shape index (κ2) is 8.78. The maximum absolute atomic E-state index is 13.4. The highest BCUT2D eigenvalue weighted by atomic mass is 32.1. The van der Waals surface area contributed by atoms with E-state index in [0.717, 1.165) is 11.1 Å². The molecule has 1 saturated heterocycles. The second-order valence-electron chi connectivity index (χ2n) is 10.3. The molecule has 1 aliphatic carbocycles. The first kappa shape index (κ1) is 23.8. The van der Waals surface area contributed by atoms with Gasteiger partial charge in [0.1, 0.15) is 16.8 Å². The van der Waals surface area contributed by atoms with E-state index in [9.17, 15) is 9.18 Å². The third-order valence-corrected chi connectivity index (χ3v) is 8.23. The molecule has 4 aromatic rings. The minimum absolute atomic E-state index is 0.00218. The Morgan fingerprint density at radius 2 is 1.89 bits per heavy atom. The summed E-state index contributed by atoms with van der Waals surface area (Å²) < 4.78 is 25.2. The smallest absolute Gasteiger partial charge is 0.265 e. The number of pyridine rings is 1. The van der Waals surface area contributed by atoms with Crippen molar-refractivity contribution in [2.45, 2.75) is 32.4 Å². The molecule has 6 rings (SSSR count). The van der Waals surface area contributed by atoms with Crippen LogP contribution in [0.1, 0.15) is 34.8 Å². The minimum atomic E-state index is -0.598. The number of halogens is 1. The van der Waals surface area contributed by atoms with Crippen molar-refractivity contribution in [3.05, 3.63) is 76.7 Å². The fourth-order valence-electron chi connectivity index (χ4n) is 4.90. The van der Waals surface area contributed by atoms with Crippen molar-refractivity contribution in [2.24, 2.45) is 17.6 Å². The lowest BCUT2D eigenvalue weighted by atomic mass is 9.95. The van der Waals surface area contributed by atoms with Crippen molar-refractivity contribution in [3.63, 3.8) is 0 Å². The molecule has 37 heavy (non-hydrogen) atoms. The number of piperidine rings is 1. The zero-order valence-electron chi connectivity index (χ0n) is 20.8. The number of fused-ring (bicyclic) bond motifs is 1. The maximum Gasteiger partial charge on any atom is 0.265 e. The molecule has 190 valence electrons. The molecule has 1 amide bonds. The van der Waals surface area contributed by atoms with E-state index >= 15 is 0 Å². The molecule has 0 spiro atoms. The monoisotopic (exact) mass is 518 g/mol. The number of amides is 1. The van der Waals surface area contributed by atoms with Crippen molar-refractivity contribution in [1.82, 2.24) is 14.9 Å². The van der Waals surface area contributed by atoms with Crippen LogP contribution in [0.4, 0.5) is 4.39 Å². The van der Waals surface area contributed by atoms with Gasteiger partial charge in [-0.1, -0.05) is 0 Å². The number of thiazole rings is 1. The highest BCUT2D eigenvalue weighted by Gasteiger charge is 2.59. The topological polar surface area (TPSA) is 94.5 Å². The van der Waals surface area contributed by atoms with E-state index in [0.29, 0.717) is 46.0 Å². The average Bonchev–Trinajstić information content (AvgIpc) is 3.36. The molecule has 0 radical (unpaired) electrons. The van der Waals surface area contributed by atoms with E-state index < -0.39 is 5.54 Å². The van der Waals surface area contributed by atoms with Gasteiger partial charge in [-0.25, -0.2) is 14.4 Å². The second-order valence-corrected chi connectivity index (χ2v) is 11.3. The third-order valence-electron chi connectivity index (χ3n) is 7.07. The Bertz CT molecular complexity index is 1450. The van der Waals surface area contributed by atoms with Gasteiger partial charge in [0.15, 0.2) is 10.8 Å². The minimum Gasteiger partial charge on any atom is -0.474 e. The summed E-state index contributed by atoms with van der Waals surface area (Å²) in [5.41, 5.74) is 8.86. The van der Waals surface area contributed by atoms with Crippen LogP contribution in [0.3, 0.4) is 0 Å². The predicted octanol–water partition coefficient (Wildman–Crippen LogP) is 5.26. The Morgan fingerprint density at radius 3 is 2.54 bits per heavy atom. The summed E-state index contributed by atoms with van der Waals surface area (Å²) in [4.78, 5) is 25.0. The SMILES string of the molecule is Cc1nc(-c2ccco2)sc1C(=O)N1C[C@@H]2C(Oc3cc(C(C)(C)N)cc(-c4ccc(F)cc4)n3)[C@@H]2C1. The molecule has 4 heterocycles. The number of aryl methyl sites for hydroxylation is 1. The van der Waals surface area contributed by atoms with E-state index in [1.54, 1.807) is 18.4 Å². The van der Waals surface area contributed by atoms with Gasteiger partial charge < -0.3 is 19.8 Å². The first-order chi connectivity index (χ1) is 17.7. The highest BCUT2D eigenvalue weighted by molar-refractivity contribution is 7.17. The van der Waals surface area contributed by atoms with Crippen LogP contribution < -0.4 is 10.5 Å². The van der Waals surface area contributed by atoms with Gasteiger partial charge in [-0.15, -0.1) is 11.3 Å². The predicted molar refractivity (Wildman–Crippen MR) is 139 cm³/mol. The lowest BCUT2D eigenvalue weighted by Gasteiger charge is -2.22. The molecule has 1 unspecified atom stereocenters. The van der Waals surface area contributed by atoms with Crippen LogP contribution in [0.2, 0.25) is 0 Å². The van der Waals surface area contributed by atoms with Crippen molar-refractivity contribution >= 4 is 17.2 Å². The highest BCUT2D eigenvalue weighted by Crippen LogP contribution is 2.48. The zero-order chi connectivity index (χ0) is 25.9. The van der Waals surface area contributed by atoms with Crippen LogP contribution in [0, 0.1) is 24.6 Å². The van der Waals surface area contributed by atoms with E-state index in [-0.39, 0.29) is 29.7 Å². The zero-order valence-corrected chi connectivity index (χ0v) is 21.6. The molecule has 2 N–H and O–H groups in total. The number of benzene rings is 1. The van der Waals surface area contributed by atoms with Crippen molar-refractivity contribution in [1.29, 1.82) is 0 Å². The molecule has 0 bridgehead atoms. The largest absolute Gasteiger partial charge is 0.474 e. The molecular formula is C28H27FN4O3S. The lowest BCUT2D eigenvalue weighted by molar-refractivity contribution is 0.0755. The fourth-order valence-corrected chi connectivity index (χ4v) is 5.90. The Hall–Kier alpha value is -3.56. The molecule has 1 saturated carbocycles. The summed E-state index contributed by atoms with van der Waals surface area (Å²) in [7, 11) is 0. The Kier molecular flexibility index (Phi) is 5.65. The molecule has 7 nitrogen and oxygen atoms in total. The number of likely N-dealkylation sites (tertiary alicyclic amines) is 1. The van der Waals surface area contributed by atoms with Crippen LogP contribution in [-0.2, 0) is 5.54 Å². The lowest BCUT2D eigenvalue weighted by Crippen LogP contribution is -2.33. The molecular weight excluding hydrogens is 491 g/mol. The summed E-state index contributed by atoms with van der Waals surface area (Å²) in [6.07, 6.45) is 1.60. The molecule has 1 aromatic carbocycles. The quantitative estimate of drug-likeness (QED) is 0.374. The van der Waals surface area contributed by atoms with Gasteiger partial charge in [-0.3, -0.25) is 4.79 Å². The van der Waals surface area contributed by atoms with Gasteiger partial charge in [-0.05, 0) is 68.8 Å². The number of aromatic nitrogens is 2. The summed E-state index contributed by atoms with van der Waals surface area (Å²) in [6.45, 7) is 6.97. The van der Waals surface area contributed by atoms with Crippen LogP contribution in [-0.4, -0.2) is 40.0 Å². The number of hydrogen-bond donors (Lipinski definition) is 1. The van der Waals surface area contributed by atoms with Crippen molar-refractivity contribution < 1.29 is 18.3 Å². The number of nitrogens with zero attached hydrogens (tertiary/aromatic N) is 3. The van der Waals surface area contributed by atoms with Gasteiger partial charge in [0.05, 0.1) is 17.7 Å². The molecule has 2 fully saturated rings. The molecule has 1 aliphatic heterocycles. The van der Waals surface area contributed by atoms with Gasteiger partial charge in [-0.2, -0.15) is 0 Å². The van der Waals surface area contributed by atoms with Crippen LogP contribution in [0.15, 0.2) is 59.2 Å². The number of hydrogen-bond acceptors (Lipinski definition) is 7. The third kappa shape index (κ3) is 4.53. The van der Waals surface area contributed by atoms with Gasteiger partial charge in [0.2, 0.25) is 5.88 Å².